The van der Waals surface area contributed by atoms with E-state index in [2.05, 4.69) is 25.9 Å². The highest BCUT2D eigenvalue weighted by Gasteiger charge is 2.09. The second kappa shape index (κ2) is 5.37. The lowest BCUT2D eigenvalue weighted by molar-refractivity contribution is 0.457. The number of aliphatic imine (C=N–C) groups is 1. The van der Waals surface area contributed by atoms with Gasteiger partial charge in [-0.25, -0.2) is 0 Å². The molecule has 0 bridgehead atoms. The molecule has 21 heavy (non-hydrogen) atoms. The van der Waals surface area contributed by atoms with Gasteiger partial charge in [-0.3, -0.25) is 4.99 Å². The predicted octanol–water partition coefficient (Wildman–Crippen LogP) is 5.00. The third-order valence-corrected chi connectivity index (χ3v) is 4.04. The number of hydrogen-bond donors (Lipinski definition) is 2. The van der Waals surface area contributed by atoms with E-state index in [1.54, 1.807) is 6.21 Å². The van der Waals surface area contributed by atoms with Crippen LogP contribution in [0.5, 0.6) is 5.88 Å². The van der Waals surface area contributed by atoms with Gasteiger partial charge in [0, 0.05) is 21.6 Å². The molecular formula is C17H15BrN2O. The zero-order valence-corrected chi connectivity index (χ0v) is 13.4. The van der Waals surface area contributed by atoms with E-state index in [9.17, 15) is 5.11 Å². The number of nitrogens with one attached hydrogen (secondary N) is 1. The van der Waals surface area contributed by atoms with E-state index in [1.807, 2.05) is 50.2 Å². The molecule has 0 radical (unpaired) electrons. The highest BCUT2D eigenvalue weighted by molar-refractivity contribution is 9.10. The number of fused-ring (bicyclic) bond motifs is 1. The van der Waals surface area contributed by atoms with Crippen LogP contribution in [0.25, 0.3) is 10.9 Å². The first-order valence-electron chi connectivity index (χ1n) is 6.67. The van der Waals surface area contributed by atoms with Gasteiger partial charge < -0.3 is 10.1 Å². The van der Waals surface area contributed by atoms with Gasteiger partial charge in [0.2, 0.25) is 0 Å². The lowest BCUT2D eigenvalue weighted by Crippen LogP contribution is -1.83. The van der Waals surface area contributed by atoms with Crippen LogP contribution in [-0.2, 0) is 0 Å². The minimum Gasteiger partial charge on any atom is -0.494 e. The summed E-state index contributed by atoms with van der Waals surface area (Å²) in [5.74, 6) is 0.137. The number of aromatic hydroxyl groups is 1. The highest BCUT2D eigenvalue weighted by atomic mass is 79.9. The summed E-state index contributed by atoms with van der Waals surface area (Å²) in [6, 6.07) is 11.9. The smallest absolute Gasteiger partial charge is 0.198 e. The molecule has 0 spiro atoms. The molecule has 2 aromatic carbocycles. The topological polar surface area (TPSA) is 48.4 Å². The maximum absolute atomic E-state index is 10.1. The fourth-order valence-electron chi connectivity index (χ4n) is 2.44. The monoisotopic (exact) mass is 342 g/mol. The lowest BCUT2D eigenvalue weighted by Gasteiger charge is -2.03. The summed E-state index contributed by atoms with van der Waals surface area (Å²) in [5, 5.41) is 11.0. The number of H-pyrrole nitrogens is 1. The van der Waals surface area contributed by atoms with Crippen molar-refractivity contribution in [3.63, 3.8) is 0 Å². The zero-order valence-electron chi connectivity index (χ0n) is 11.8. The van der Waals surface area contributed by atoms with Crippen LogP contribution in [-0.4, -0.2) is 16.3 Å². The molecule has 0 fully saturated rings. The number of aromatic amines is 1. The van der Waals surface area contributed by atoms with Crippen molar-refractivity contribution in [2.75, 3.05) is 0 Å². The maximum atomic E-state index is 10.1. The van der Waals surface area contributed by atoms with Gasteiger partial charge in [-0.2, -0.15) is 0 Å². The molecule has 4 heteroatoms. The van der Waals surface area contributed by atoms with Gasteiger partial charge in [-0.05, 0) is 43.2 Å². The summed E-state index contributed by atoms with van der Waals surface area (Å²) in [6.45, 7) is 4.07. The Morgan fingerprint density at radius 1 is 1.14 bits per heavy atom. The second-order valence-corrected chi connectivity index (χ2v) is 5.99. The van der Waals surface area contributed by atoms with E-state index in [1.165, 1.54) is 0 Å². The molecule has 0 atom stereocenters. The van der Waals surface area contributed by atoms with Crippen molar-refractivity contribution < 1.29 is 5.11 Å². The lowest BCUT2D eigenvalue weighted by atomic mass is 10.1. The number of nitrogens with zero attached hydrogens (tertiary/aromatic N) is 1. The van der Waals surface area contributed by atoms with Crippen LogP contribution in [0.2, 0.25) is 0 Å². The largest absolute Gasteiger partial charge is 0.494 e. The van der Waals surface area contributed by atoms with E-state index >= 15 is 0 Å². The molecule has 0 unspecified atom stereocenters. The zero-order chi connectivity index (χ0) is 15.0. The van der Waals surface area contributed by atoms with Crippen molar-refractivity contribution in [3.05, 3.63) is 57.6 Å². The van der Waals surface area contributed by atoms with Gasteiger partial charge in [0.25, 0.3) is 0 Å². The number of benzene rings is 2. The summed E-state index contributed by atoms with van der Waals surface area (Å²) >= 11 is 3.46. The third kappa shape index (κ3) is 2.59. The van der Waals surface area contributed by atoms with E-state index in [-0.39, 0.29) is 5.88 Å². The molecular weight excluding hydrogens is 328 g/mol. The Bertz CT molecular complexity index is 829. The quantitative estimate of drug-likeness (QED) is 0.632. The Kier molecular flexibility index (Phi) is 3.55. The molecule has 0 saturated heterocycles. The summed E-state index contributed by atoms with van der Waals surface area (Å²) in [7, 11) is 0. The van der Waals surface area contributed by atoms with E-state index in [0.29, 0.717) is 5.56 Å². The first-order valence-corrected chi connectivity index (χ1v) is 7.46. The third-order valence-electron chi connectivity index (χ3n) is 3.54. The number of aryl methyl sites for hydroxylation is 2. The van der Waals surface area contributed by atoms with Crippen LogP contribution in [0.4, 0.5) is 5.69 Å². The van der Waals surface area contributed by atoms with Crippen LogP contribution in [0, 0.1) is 13.8 Å². The minimum atomic E-state index is 0.137. The van der Waals surface area contributed by atoms with Gasteiger partial charge in [0.05, 0.1) is 11.3 Å². The van der Waals surface area contributed by atoms with Gasteiger partial charge in [0.1, 0.15) is 0 Å². The molecule has 0 amide bonds. The predicted molar refractivity (Wildman–Crippen MR) is 90.8 cm³/mol. The van der Waals surface area contributed by atoms with Gasteiger partial charge in [-0.15, -0.1) is 0 Å². The van der Waals surface area contributed by atoms with Gasteiger partial charge >= 0.3 is 0 Å². The fourth-order valence-corrected chi connectivity index (χ4v) is 2.80. The molecule has 0 aliphatic heterocycles. The van der Waals surface area contributed by atoms with Crippen LogP contribution in [0.15, 0.2) is 45.9 Å². The minimum absolute atomic E-state index is 0.137. The Hall–Kier alpha value is -2.07. The van der Waals surface area contributed by atoms with Crippen LogP contribution in [0.3, 0.4) is 0 Å². The molecule has 0 aliphatic rings. The molecule has 3 nitrogen and oxygen atoms in total. The first-order chi connectivity index (χ1) is 10.1. The summed E-state index contributed by atoms with van der Waals surface area (Å²) in [5.41, 5.74) is 4.77. The van der Waals surface area contributed by atoms with E-state index in [4.69, 9.17) is 0 Å². The second-order valence-electron chi connectivity index (χ2n) is 5.08. The molecule has 1 heterocycles. The highest BCUT2D eigenvalue weighted by Crippen LogP contribution is 2.29. The Labute approximate surface area is 131 Å². The molecule has 0 saturated carbocycles. The number of aromatic nitrogens is 1. The number of hydrogen-bond acceptors (Lipinski definition) is 2. The maximum Gasteiger partial charge on any atom is 0.198 e. The Morgan fingerprint density at radius 3 is 2.57 bits per heavy atom. The molecule has 3 rings (SSSR count). The number of para-hydroxylation sites is 1. The number of rotatable bonds is 2. The molecule has 1 aromatic heterocycles. The summed E-state index contributed by atoms with van der Waals surface area (Å²) < 4.78 is 0.968. The van der Waals surface area contributed by atoms with Crippen LogP contribution in [0.1, 0.15) is 16.7 Å². The molecule has 3 aromatic rings. The van der Waals surface area contributed by atoms with Crippen LogP contribution < -0.4 is 0 Å². The average molecular weight is 343 g/mol. The molecule has 0 aliphatic carbocycles. The van der Waals surface area contributed by atoms with Crippen molar-refractivity contribution >= 4 is 38.7 Å². The standard InChI is InChI=1S/C17H15BrN2O/c1-10-4-3-5-11(2)16(10)19-9-14-13-8-12(18)6-7-15(13)20-17(14)21/h3-9,20-21H,1-2H3. The van der Waals surface area contributed by atoms with E-state index < -0.39 is 0 Å². The Balaban J connectivity index is 2.11. The first kappa shape index (κ1) is 13.9. The summed E-state index contributed by atoms with van der Waals surface area (Å²) in [4.78, 5) is 7.53. The average Bonchev–Trinajstić information content (AvgIpc) is 2.74. The van der Waals surface area contributed by atoms with Crippen molar-refractivity contribution in [1.82, 2.24) is 4.98 Å². The van der Waals surface area contributed by atoms with Crippen LogP contribution >= 0.6 is 15.9 Å². The molecule has 2 N–H and O–H groups in total. The Morgan fingerprint density at radius 2 is 1.86 bits per heavy atom. The summed E-state index contributed by atoms with van der Waals surface area (Å²) in [6.07, 6.45) is 1.72. The fraction of sp³-hybridized carbons (Fsp3) is 0.118. The normalized spacial score (nSPS) is 11.6. The van der Waals surface area contributed by atoms with Crippen molar-refractivity contribution in [2.24, 2.45) is 4.99 Å². The van der Waals surface area contributed by atoms with Crippen molar-refractivity contribution in [3.8, 4) is 5.88 Å². The van der Waals surface area contributed by atoms with Crippen molar-refractivity contribution in [2.45, 2.75) is 13.8 Å². The van der Waals surface area contributed by atoms with Gasteiger partial charge in [-0.1, -0.05) is 34.1 Å². The van der Waals surface area contributed by atoms with Gasteiger partial charge in [0.15, 0.2) is 5.88 Å². The van der Waals surface area contributed by atoms with E-state index in [0.717, 1.165) is 32.2 Å². The SMILES string of the molecule is Cc1cccc(C)c1N=Cc1c(O)[nH]c2ccc(Br)cc12. The molecule has 106 valence electrons. The number of halogens is 1. The van der Waals surface area contributed by atoms with Crippen molar-refractivity contribution in [1.29, 1.82) is 0 Å².